The van der Waals surface area contributed by atoms with Crippen LogP contribution in [0.4, 0.5) is 0 Å². The molecule has 0 aromatic rings. The largest absolute Gasteiger partial charge is 0.479 e. The molecule has 2 saturated heterocycles. The molecule has 0 bridgehead atoms. The molecule has 78 heavy (non-hydrogen) atoms. The van der Waals surface area contributed by atoms with Crippen molar-refractivity contribution in [1.29, 1.82) is 0 Å². The highest BCUT2D eigenvalue weighted by Crippen LogP contribution is 2.40. The Morgan fingerprint density at radius 3 is 1.74 bits per heavy atom. The Morgan fingerprint density at radius 1 is 0.654 bits per heavy atom. The maximum absolute atomic E-state index is 14.0. The van der Waals surface area contributed by atoms with Crippen LogP contribution in [-0.2, 0) is 80.8 Å². The maximum atomic E-state index is 14.0. The molecule has 0 radical (unpaired) electrons. The van der Waals surface area contributed by atoms with E-state index in [1.165, 1.54) is 13.8 Å². The van der Waals surface area contributed by atoms with Gasteiger partial charge in [-0.1, -0.05) is 45.4 Å². The number of carbonyl (C=O) groups excluding carboxylic acids is 3. The van der Waals surface area contributed by atoms with Gasteiger partial charge in [-0.25, -0.2) is 4.79 Å². The predicted molar refractivity (Wildman–Crippen MR) is 275 cm³/mol. The van der Waals surface area contributed by atoms with Crippen molar-refractivity contribution in [3.63, 3.8) is 0 Å². The monoisotopic (exact) mass is 1130 g/mol. The lowest BCUT2D eigenvalue weighted by atomic mass is 9.74. The standard InChI is InChI=1S/C53H94N2O23/c1-5-37-31-38(39(58)12-9-14-54-43(59)13-15-67-18-19-69-22-23-71-26-27-73-29-28-72-25-24-70-21-20-68-17-16-66-4)32-40(49(37)78-53-48(63)47(62)45(60)34(2)74-53)76-52-44(55-35(3)57)50(46(61)42(33-56)77-52)75-41(51(64)65)30-36-10-7-6-8-11-36/h34,36-38,40-42,44-50,52-53,56,60-63H,5-33H2,1-4H3,(H,54,59)(H,55,57)(H,64,65)/t34-,37?,38?,40+,41-,42-,44?,45-,46-,47?,48-,49+,50?,52+,53?/m0/s1. The van der Waals surface area contributed by atoms with Crippen molar-refractivity contribution < 1.29 is 111 Å². The van der Waals surface area contributed by atoms with Crippen molar-refractivity contribution in [2.24, 2.45) is 17.8 Å². The van der Waals surface area contributed by atoms with Gasteiger partial charge >= 0.3 is 5.97 Å². The molecule has 25 nitrogen and oxygen atoms in total. The van der Waals surface area contributed by atoms with E-state index in [2.05, 4.69) is 10.6 Å². The number of aliphatic hydroxyl groups is 5. The van der Waals surface area contributed by atoms with Gasteiger partial charge in [-0.2, -0.15) is 0 Å². The Bertz CT molecular complexity index is 1650. The smallest absolute Gasteiger partial charge is 0.332 e. The number of aliphatic hydroxyl groups excluding tert-OH is 5. The summed E-state index contributed by atoms with van der Waals surface area (Å²) in [5.41, 5.74) is 0. The van der Waals surface area contributed by atoms with Gasteiger partial charge in [0.15, 0.2) is 18.7 Å². The number of hydrogen-bond donors (Lipinski definition) is 8. The van der Waals surface area contributed by atoms with Gasteiger partial charge in [-0.3, -0.25) is 14.4 Å². The number of aliphatic carboxylic acids is 1. The number of amides is 2. The molecule has 2 aliphatic heterocycles. The van der Waals surface area contributed by atoms with Gasteiger partial charge < -0.3 is 103 Å². The van der Waals surface area contributed by atoms with E-state index in [1.54, 1.807) is 7.11 Å². The second-order valence-corrected chi connectivity index (χ2v) is 20.4. The highest BCUT2D eigenvalue weighted by atomic mass is 16.7. The fourth-order valence-corrected chi connectivity index (χ4v) is 10.1. The van der Waals surface area contributed by atoms with E-state index in [1.807, 2.05) is 6.92 Å². The predicted octanol–water partition coefficient (Wildman–Crippen LogP) is 0.0303. The molecule has 0 aromatic carbocycles. The van der Waals surface area contributed by atoms with Crippen molar-refractivity contribution in [3.05, 3.63) is 0 Å². The summed E-state index contributed by atoms with van der Waals surface area (Å²) in [6.45, 7) is 10.5. The van der Waals surface area contributed by atoms with E-state index in [0.717, 1.165) is 32.1 Å². The summed E-state index contributed by atoms with van der Waals surface area (Å²) in [7, 11) is 1.62. The molecule has 2 saturated carbocycles. The summed E-state index contributed by atoms with van der Waals surface area (Å²) in [4.78, 5) is 52.1. The lowest BCUT2D eigenvalue weighted by molar-refractivity contribution is -0.338. The number of ether oxygens (including phenoxy) is 13. The van der Waals surface area contributed by atoms with E-state index in [9.17, 15) is 49.8 Å². The molecule has 4 fully saturated rings. The van der Waals surface area contributed by atoms with Crippen molar-refractivity contribution in [2.75, 3.05) is 119 Å². The zero-order chi connectivity index (χ0) is 56.7. The Hall–Kier alpha value is -2.64. The van der Waals surface area contributed by atoms with Crippen LogP contribution >= 0.6 is 0 Å². The molecule has 15 atom stereocenters. The second-order valence-electron chi connectivity index (χ2n) is 20.4. The van der Waals surface area contributed by atoms with Crippen LogP contribution in [0.3, 0.4) is 0 Å². The Balaban J connectivity index is 1.23. The number of hydrogen-bond acceptors (Lipinski definition) is 22. The molecule has 6 unspecified atom stereocenters. The number of carboxylic acids is 1. The summed E-state index contributed by atoms with van der Waals surface area (Å²) >= 11 is 0. The van der Waals surface area contributed by atoms with Crippen LogP contribution in [0.15, 0.2) is 0 Å². The van der Waals surface area contributed by atoms with Gasteiger partial charge in [0, 0.05) is 39.3 Å². The number of rotatable bonds is 41. The molecular formula is C53H94N2O23. The lowest BCUT2D eigenvalue weighted by Gasteiger charge is -2.49. The van der Waals surface area contributed by atoms with E-state index in [0.29, 0.717) is 105 Å². The van der Waals surface area contributed by atoms with E-state index in [-0.39, 0.29) is 63.1 Å². The molecule has 0 spiro atoms. The third-order valence-corrected chi connectivity index (χ3v) is 14.5. The molecule has 8 N–H and O–H groups in total. The number of carboxylic acid groups (broad SMARTS) is 1. The number of carbonyl (C=O) groups is 4. The molecule has 2 heterocycles. The summed E-state index contributed by atoms with van der Waals surface area (Å²) in [6, 6.07) is -1.32. The number of nitrogens with one attached hydrogen (secondary N) is 2. The first kappa shape index (κ1) is 67.9. The zero-order valence-corrected chi connectivity index (χ0v) is 46.4. The van der Waals surface area contributed by atoms with Gasteiger partial charge in [0.1, 0.15) is 48.4 Å². The summed E-state index contributed by atoms with van der Waals surface area (Å²) in [6.07, 6.45) is -10.2. The molecular weight excluding hydrogens is 1030 g/mol. The molecule has 0 aromatic heterocycles. The summed E-state index contributed by atoms with van der Waals surface area (Å²) in [5, 5.41) is 69.9. The van der Waals surface area contributed by atoms with Crippen molar-refractivity contribution in [2.45, 2.75) is 177 Å². The van der Waals surface area contributed by atoms with Crippen LogP contribution in [-0.4, -0.2) is 253 Å². The molecule has 2 amide bonds. The lowest BCUT2D eigenvalue weighted by Crippen LogP contribution is -2.67. The number of Topliss-reactive ketones (excluding diaryl/α,β-unsaturated/α-hetero) is 1. The fourth-order valence-electron chi connectivity index (χ4n) is 10.1. The fraction of sp³-hybridized carbons (Fsp3) is 0.925. The second kappa shape index (κ2) is 39.0. The molecule has 25 heteroatoms. The van der Waals surface area contributed by atoms with Crippen molar-refractivity contribution >= 4 is 23.6 Å². The van der Waals surface area contributed by atoms with Gasteiger partial charge in [0.25, 0.3) is 0 Å². The highest BCUT2D eigenvalue weighted by molar-refractivity contribution is 5.81. The highest BCUT2D eigenvalue weighted by Gasteiger charge is 2.53. The normalized spacial score (nSPS) is 30.2. The van der Waals surface area contributed by atoms with Crippen molar-refractivity contribution in [3.8, 4) is 0 Å². The average molecular weight is 1130 g/mol. The summed E-state index contributed by atoms with van der Waals surface area (Å²) in [5.74, 6) is -3.15. The molecule has 454 valence electrons. The minimum atomic E-state index is -1.67. The molecule has 4 rings (SSSR count). The number of methoxy groups -OCH3 is 1. The SMILES string of the molecule is CCC1CC(C(=O)CCCNC(=O)CCOCCOCCOCCOCCOCCOCCOCCOC)C[C@@H](O[C@@H]2O[C@@H](CO)[C@H](O)C(O[C@@H](CC3CCCCC3)C(=O)O)C2NC(C)=O)[C@@H]1OC1O[C@@H](C)[C@H](O)C(O)[C@@H]1O. The third-order valence-electron chi connectivity index (χ3n) is 14.5. The Kier molecular flexibility index (Phi) is 33.9. The molecule has 4 aliphatic rings. The molecule has 2 aliphatic carbocycles. The Labute approximate surface area is 459 Å². The van der Waals surface area contributed by atoms with Crippen molar-refractivity contribution in [1.82, 2.24) is 10.6 Å². The van der Waals surface area contributed by atoms with Crippen LogP contribution < -0.4 is 10.6 Å². The third kappa shape index (κ3) is 24.4. The first-order valence-electron chi connectivity index (χ1n) is 28.1. The van der Waals surface area contributed by atoms with Crippen LogP contribution in [0.25, 0.3) is 0 Å². The van der Waals surface area contributed by atoms with E-state index < -0.39 is 110 Å². The van der Waals surface area contributed by atoms with Gasteiger partial charge in [-0.05, 0) is 44.4 Å². The van der Waals surface area contributed by atoms with E-state index >= 15 is 0 Å². The van der Waals surface area contributed by atoms with Crippen LogP contribution in [0.1, 0.15) is 97.8 Å². The zero-order valence-electron chi connectivity index (χ0n) is 46.4. The van der Waals surface area contributed by atoms with Gasteiger partial charge in [0.05, 0.1) is 124 Å². The van der Waals surface area contributed by atoms with Crippen LogP contribution in [0.5, 0.6) is 0 Å². The van der Waals surface area contributed by atoms with Gasteiger partial charge in [0.2, 0.25) is 11.8 Å². The first-order chi connectivity index (χ1) is 37.7. The minimum Gasteiger partial charge on any atom is -0.479 e. The quantitative estimate of drug-likeness (QED) is 0.0375. The van der Waals surface area contributed by atoms with Gasteiger partial charge in [-0.15, -0.1) is 0 Å². The number of ketones is 1. The van der Waals surface area contributed by atoms with E-state index in [4.69, 9.17) is 61.6 Å². The summed E-state index contributed by atoms with van der Waals surface area (Å²) < 4.78 is 74.5. The minimum absolute atomic E-state index is 0.0330. The topological polar surface area (TPSA) is 334 Å². The average Bonchev–Trinajstić information content (AvgIpc) is 3.47. The maximum Gasteiger partial charge on any atom is 0.332 e. The van der Waals surface area contributed by atoms with Crippen LogP contribution in [0.2, 0.25) is 0 Å². The van der Waals surface area contributed by atoms with Crippen LogP contribution in [0, 0.1) is 17.8 Å². The first-order valence-corrected chi connectivity index (χ1v) is 28.1. The Morgan fingerprint density at radius 2 is 1.22 bits per heavy atom.